The summed E-state index contributed by atoms with van der Waals surface area (Å²) in [6, 6.07) is 0. The number of aromatic nitrogens is 1. The molecule has 0 bridgehead atoms. The van der Waals surface area contributed by atoms with Gasteiger partial charge >= 0.3 is 0 Å². The maximum absolute atomic E-state index is 11.0. The number of hydrogen-bond acceptors (Lipinski definition) is 4. The van der Waals surface area contributed by atoms with Crippen molar-refractivity contribution in [3.63, 3.8) is 0 Å². The molecule has 0 radical (unpaired) electrons. The smallest absolute Gasteiger partial charge is 0.207 e. The van der Waals surface area contributed by atoms with E-state index in [1.165, 1.54) is 12.5 Å². The summed E-state index contributed by atoms with van der Waals surface area (Å²) >= 11 is 0. The molecule has 0 N–H and O–H groups in total. The lowest BCUT2D eigenvalue weighted by atomic mass is 10.3. The summed E-state index contributed by atoms with van der Waals surface area (Å²) in [5, 5.41) is 3.35. The van der Waals surface area contributed by atoms with Crippen LogP contribution in [0.2, 0.25) is 0 Å². The van der Waals surface area contributed by atoms with Gasteiger partial charge in [-0.15, -0.1) is 0 Å². The first-order chi connectivity index (χ1) is 5.20. The van der Waals surface area contributed by atoms with Gasteiger partial charge in [0.25, 0.3) is 0 Å². The molecule has 0 atom stereocenters. The maximum Gasteiger partial charge on any atom is 0.207 e. The van der Waals surface area contributed by atoms with Crippen LogP contribution >= 0.6 is 0 Å². The molecule has 1 rings (SSSR count). The van der Waals surface area contributed by atoms with Crippen molar-refractivity contribution in [3.05, 3.63) is 28.2 Å². The van der Waals surface area contributed by atoms with Crippen LogP contribution < -0.4 is 5.43 Å². The second-order valence-electron chi connectivity index (χ2n) is 2.59. The third-order valence-electron chi connectivity index (χ3n) is 1.23. The van der Waals surface area contributed by atoms with Gasteiger partial charge in [-0.2, -0.15) is 0 Å². The Hall–Kier alpha value is -1.16. The lowest BCUT2D eigenvalue weighted by molar-refractivity contribution is 0.362. The van der Waals surface area contributed by atoms with Crippen molar-refractivity contribution in [1.82, 2.24) is 10.1 Å². The molecule has 0 aromatic carbocycles. The van der Waals surface area contributed by atoms with Crippen LogP contribution in [0, 0.1) is 0 Å². The zero-order chi connectivity index (χ0) is 8.27. The quantitative estimate of drug-likeness (QED) is 0.606. The molecular formula is C7H10N2O2. The summed E-state index contributed by atoms with van der Waals surface area (Å²) in [5.74, 6) is 0. The van der Waals surface area contributed by atoms with Crippen molar-refractivity contribution in [2.45, 2.75) is 6.54 Å². The molecule has 4 nitrogen and oxygen atoms in total. The number of hydrogen-bond donors (Lipinski definition) is 0. The summed E-state index contributed by atoms with van der Waals surface area (Å²) in [7, 11) is 3.78. The highest BCUT2D eigenvalue weighted by Gasteiger charge is 1.99. The standard InChI is InChI=1S/C7H10N2O2/c1-9(2)4-6-5-11-8-3-7(6)10/h3,5H,4H2,1-2H3. The van der Waals surface area contributed by atoms with Crippen molar-refractivity contribution in [1.29, 1.82) is 0 Å². The minimum Gasteiger partial charge on any atom is -0.364 e. The van der Waals surface area contributed by atoms with Gasteiger partial charge in [0.15, 0.2) is 0 Å². The number of nitrogens with zero attached hydrogens (tertiary/aromatic N) is 2. The molecule has 0 unspecified atom stereocenters. The molecule has 0 aliphatic carbocycles. The van der Waals surface area contributed by atoms with E-state index in [1.807, 2.05) is 19.0 Å². The Morgan fingerprint density at radius 3 is 2.91 bits per heavy atom. The first-order valence-corrected chi connectivity index (χ1v) is 3.27. The van der Waals surface area contributed by atoms with E-state index in [0.717, 1.165) is 0 Å². The average Bonchev–Trinajstić information content (AvgIpc) is 1.93. The summed E-state index contributed by atoms with van der Waals surface area (Å²) in [4.78, 5) is 12.9. The molecule has 0 saturated carbocycles. The van der Waals surface area contributed by atoms with Crippen molar-refractivity contribution in [2.75, 3.05) is 14.1 Å². The van der Waals surface area contributed by atoms with E-state index in [4.69, 9.17) is 0 Å². The molecule has 0 saturated heterocycles. The van der Waals surface area contributed by atoms with Crippen LogP contribution in [-0.4, -0.2) is 24.2 Å². The predicted molar refractivity (Wildman–Crippen MR) is 40.2 cm³/mol. The summed E-state index contributed by atoms with van der Waals surface area (Å²) < 4.78 is 4.61. The first-order valence-electron chi connectivity index (χ1n) is 3.27. The molecule has 60 valence electrons. The van der Waals surface area contributed by atoms with E-state index < -0.39 is 0 Å². The molecule has 0 aliphatic rings. The largest absolute Gasteiger partial charge is 0.364 e. The topological polar surface area (TPSA) is 46.3 Å². The fourth-order valence-corrected chi connectivity index (χ4v) is 0.769. The molecular weight excluding hydrogens is 144 g/mol. The molecule has 0 spiro atoms. The second-order valence-corrected chi connectivity index (χ2v) is 2.59. The van der Waals surface area contributed by atoms with E-state index in [-0.39, 0.29) is 5.43 Å². The van der Waals surface area contributed by atoms with Crippen LogP contribution in [0.4, 0.5) is 0 Å². The zero-order valence-electron chi connectivity index (χ0n) is 6.57. The van der Waals surface area contributed by atoms with Crippen molar-refractivity contribution in [3.8, 4) is 0 Å². The minimum absolute atomic E-state index is 0.0787. The van der Waals surface area contributed by atoms with Gasteiger partial charge < -0.3 is 9.42 Å². The molecule has 11 heavy (non-hydrogen) atoms. The van der Waals surface area contributed by atoms with Crippen LogP contribution in [0.1, 0.15) is 5.56 Å². The number of rotatable bonds is 2. The van der Waals surface area contributed by atoms with Crippen LogP contribution in [-0.2, 0) is 6.54 Å². The van der Waals surface area contributed by atoms with Gasteiger partial charge in [0, 0.05) is 6.54 Å². The van der Waals surface area contributed by atoms with E-state index in [0.29, 0.717) is 12.1 Å². The summed E-state index contributed by atoms with van der Waals surface area (Å²) in [6.07, 6.45) is 2.56. The lowest BCUT2D eigenvalue weighted by Crippen LogP contribution is -2.17. The summed E-state index contributed by atoms with van der Waals surface area (Å²) in [5.41, 5.74) is 0.551. The van der Waals surface area contributed by atoms with Crippen molar-refractivity contribution in [2.24, 2.45) is 0 Å². The Balaban J connectivity index is 2.87. The second kappa shape index (κ2) is 3.30. The van der Waals surface area contributed by atoms with Gasteiger partial charge in [-0.1, -0.05) is 5.16 Å². The highest BCUT2D eigenvalue weighted by Crippen LogP contribution is 1.91. The minimum atomic E-state index is -0.0787. The molecule has 1 heterocycles. The highest BCUT2D eigenvalue weighted by molar-refractivity contribution is 5.03. The molecule has 4 heteroatoms. The monoisotopic (exact) mass is 154 g/mol. The maximum atomic E-state index is 11.0. The average molecular weight is 154 g/mol. The van der Waals surface area contributed by atoms with Gasteiger partial charge in [-0.3, -0.25) is 4.79 Å². The van der Waals surface area contributed by atoms with Crippen LogP contribution in [0.15, 0.2) is 21.8 Å². The third-order valence-corrected chi connectivity index (χ3v) is 1.23. The normalized spacial score (nSPS) is 10.5. The van der Waals surface area contributed by atoms with E-state index >= 15 is 0 Å². The SMILES string of the molecule is CN(C)Cc1concc1=O. The van der Waals surface area contributed by atoms with E-state index in [2.05, 4.69) is 9.68 Å². The summed E-state index contributed by atoms with van der Waals surface area (Å²) in [6.45, 7) is 0.588. The van der Waals surface area contributed by atoms with Crippen LogP contribution in [0.5, 0.6) is 0 Å². The van der Waals surface area contributed by atoms with Gasteiger partial charge in [-0.25, -0.2) is 0 Å². The predicted octanol–water partition coefficient (Wildman–Crippen LogP) is 0.0964. The molecule has 0 amide bonds. The Kier molecular flexibility index (Phi) is 2.38. The van der Waals surface area contributed by atoms with Gasteiger partial charge in [-0.05, 0) is 14.1 Å². The van der Waals surface area contributed by atoms with Crippen LogP contribution in [0.25, 0.3) is 0 Å². The molecule has 0 fully saturated rings. The Morgan fingerprint density at radius 2 is 2.36 bits per heavy atom. The van der Waals surface area contributed by atoms with Gasteiger partial charge in [0.2, 0.25) is 5.43 Å². The fourth-order valence-electron chi connectivity index (χ4n) is 0.769. The Morgan fingerprint density at radius 1 is 1.64 bits per heavy atom. The fraction of sp³-hybridized carbons (Fsp3) is 0.429. The third kappa shape index (κ3) is 2.16. The zero-order valence-corrected chi connectivity index (χ0v) is 6.57. The van der Waals surface area contributed by atoms with Gasteiger partial charge in [0.1, 0.15) is 12.5 Å². The van der Waals surface area contributed by atoms with Crippen LogP contribution in [0.3, 0.4) is 0 Å². The molecule has 1 aromatic rings. The molecule has 0 aliphatic heterocycles. The lowest BCUT2D eigenvalue weighted by Gasteiger charge is -2.06. The highest BCUT2D eigenvalue weighted by atomic mass is 16.4. The van der Waals surface area contributed by atoms with Crippen molar-refractivity contribution >= 4 is 0 Å². The molecule has 1 aromatic heterocycles. The van der Waals surface area contributed by atoms with E-state index in [1.54, 1.807) is 0 Å². The van der Waals surface area contributed by atoms with Crippen molar-refractivity contribution < 1.29 is 4.52 Å². The Labute approximate surface area is 64.4 Å². The van der Waals surface area contributed by atoms with E-state index in [9.17, 15) is 4.79 Å². The Bertz CT molecular complexity index is 280. The first kappa shape index (κ1) is 7.94. The van der Waals surface area contributed by atoms with Gasteiger partial charge in [0.05, 0.1) is 5.56 Å².